The van der Waals surface area contributed by atoms with Crippen LogP contribution in [0.2, 0.25) is 10.0 Å². The van der Waals surface area contributed by atoms with Crippen molar-refractivity contribution in [2.24, 2.45) is 0 Å². The number of hydrogen-bond donors (Lipinski definition) is 0. The van der Waals surface area contributed by atoms with Gasteiger partial charge in [0.2, 0.25) is 0 Å². The molecule has 3 aromatic carbocycles. The predicted octanol–water partition coefficient (Wildman–Crippen LogP) is 4.84. The molecule has 0 amide bonds. The van der Waals surface area contributed by atoms with Crippen LogP contribution in [0.4, 0.5) is 0 Å². The quantitative estimate of drug-likeness (QED) is 0.363. The lowest BCUT2D eigenvalue weighted by Gasteiger charge is -2.34. The Labute approximate surface area is 148 Å². The summed E-state index contributed by atoms with van der Waals surface area (Å²) in [5, 5.41) is 2.90. The fourth-order valence-corrected chi connectivity index (χ4v) is 6.58. The fraction of sp³-hybridized carbons (Fsp3) is 0. The molecule has 3 aromatic rings. The first-order chi connectivity index (χ1) is 11.6. The summed E-state index contributed by atoms with van der Waals surface area (Å²) in [6.07, 6.45) is 0. The maximum Gasteiger partial charge on any atom is 0.185 e. The highest BCUT2D eigenvalue weighted by Gasteiger charge is 2.46. The second kappa shape index (κ2) is 4.80. The third-order valence-corrected chi connectivity index (χ3v) is 7.88. The highest BCUT2D eigenvalue weighted by atomic mass is 35.5. The van der Waals surface area contributed by atoms with Crippen LogP contribution in [0, 0.1) is 0 Å². The largest absolute Gasteiger partial charge is 0.456 e. The van der Waals surface area contributed by atoms with E-state index in [1.165, 1.54) is 0 Å². The molecule has 0 saturated heterocycles. The van der Waals surface area contributed by atoms with Crippen LogP contribution in [-0.2, 0) is 4.57 Å². The van der Waals surface area contributed by atoms with Crippen molar-refractivity contribution in [2.45, 2.75) is 0 Å². The summed E-state index contributed by atoms with van der Waals surface area (Å²) in [7, 11) is -3.12. The minimum atomic E-state index is -3.12. The van der Waals surface area contributed by atoms with E-state index in [1.54, 1.807) is 48.5 Å². The first-order valence-corrected chi connectivity index (χ1v) is 9.73. The summed E-state index contributed by atoms with van der Waals surface area (Å²) in [6.45, 7) is 0. The molecule has 2 aliphatic heterocycles. The van der Waals surface area contributed by atoms with Crippen LogP contribution in [0.15, 0.2) is 54.6 Å². The zero-order chi connectivity index (χ0) is 16.5. The normalized spacial score (nSPS) is 15.4. The van der Waals surface area contributed by atoms with E-state index in [2.05, 4.69) is 0 Å². The standard InChI is InChI=1S/C18H9Cl2O3P/c19-10-4-6-16-14(8-10)22-12-2-1-3-13-18(12)24(16,21)17-7-5-11(20)9-15(17)23-13/h1-9H. The smallest absolute Gasteiger partial charge is 0.185 e. The predicted molar refractivity (Wildman–Crippen MR) is 96.0 cm³/mol. The number of fused-ring (bicyclic) bond motifs is 4. The lowest BCUT2D eigenvalue weighted by Crippen LogP contribution is -2.35. The van der Waals surface area contributed by atoms with E-state index in [-0.39, 0.29) is 0 Å². The average molecular weight is 375 g/mol. The Morgan fingerprint density at radius 3 is 1.71 bits per heavy atom. The van der Waals surface area contributed by atoms with Crippen LogP contribution in [-0.4, -0.2) is 0 Å². The molecule has 0 aromatic heterocycles. The van der Waals surface area contributed by atoms with Crippen molar-refractivity contribution in [1.82, 2.24) is 0 Å². The van der Waals surface area contributed by atoms with Gasteiger partial charge in [-0.1, -0.05) is 29.3 Å². The summed E-state index contributed by atoms with van der Waals surface area (Å²) < 4.78 is 26.2. The van der Waals surface area contributed by atoms with Gasteiger partial charge in [0.05, 0.1) is 10.6 Å². The van der Waals surface area contributed by atoms with Gasteiger partial charge >= 0.3 is 0 Å². The van der Waals surface area contributed by atoms with Gasteiger partial charge < -0.3 is 14.0 Å². The van der Waals surface area contributed by atoms with Gasteiger partial charge in [0.25, 0.3) is 0 Å². The van der Waals surface area contributed by atoms with Crippen LogP contribution in [0.3, 0.4) is 0 Å². The zero-order valence-corrected chi connectivity index (χ0v) is 14.5. The van der Waals surface area contributed by atoms with Gasteiger partial charge in [-0.3, -0.25) is 0 Å². The number of hydrogen-bond acceptors (Lipinski definition) is 3. The van der Waals surface area contributed by atoms with Gasteiger partial charge in [0, 0.05) is 22.2 Å². The van der Waals surface area contributed by atoms with Crippen molar-refractivity contribution in [3.05, 3.63) is 64.6 Å². The minimum absolute atomic E-state index is 0.512. The van der Waals surface area contributed by atoms with E-state index in [1.807, 2.05) is 6.07 Å². The zero-order valence-electron chi connectivity index (χ0n) is 12.1. The molecular formula is C18H9Cl2O3P. The van der Waals surface area contributed by atoms with Gasteiger partial charge in [-0.15, -0.1) is 0 Å². The van der Waals surface area contributed by atoms with Crippen LogP contribution >= 0.6 is 30.3 Å². The lowest BCUT2D eigenvalue weighted by molar-refractivity contribution is 0.461. The molecule has 5 rings (SSSR count). The molecular weight excluding hydrogens is 366 g/mol. The first kappa shape index (κ1) is 14.4. The van der Waals surface area contributed by atoms with E-state index in [0.717, 1.165) is 0 Å². The first-order valence-electron chi connectivity index (χ1n) is 7.27. The molecule has 6 heteroatoms. The number of ether oxygens (including phenoxy) is 2. The molecule has 0 saturated carbocycles. The molecule has 24 heavy (non-hydrogen) atoms. The SMILES string of the molecule is O=P12c3ccc(Cl)cc3Oc3cccc(c31)Oc1cc(Cl)ccc12. The third kappa shape index (κ3) is 1.78. The summed E-state index contributed by atoms with van der Waals surface area (Å²) in [6, 6.07) is 15.8. The van der Waals surface area contributed by atoms with Crippen molar-refractivity contribution >= 4 is 46.3 Å². The molecule has 0 unspecified atom stereocenters. The summed E-state index contributed by atoms with van der Waals surface area (Å²) in [4.78, 5) is 0. The molecule has 3 nitrogen and oxygen atoms in total. The van der Waals surface area contributed by atoms with E-state index >= 15 is 0 Å². The highest BCUT2D eigenvalue weighted by molar-refractivity contribution is 7.86. The van der Waals surface area contributed by atoms with Gasteiger partial charge in [-0.05, 0) is 36.4 Å². The van der Waals surface area contributed by atoms with E-state index in [4.69, 9.17) is 32.7 Å². The van der Waals surface area contributed by atoms with Crippen molar-refractivity contribution in [3.8, 4) is 23.0 Å². The minimum Gasteiger partial charge on any atom is -0.456 e. The van der Waals surface area contributed by atoms with Crippen LogP contribution < -0.4 is 25.4 Å². The monoisotopic (exact) mass is 374 g/mol. The van der Waals surface area contributed by atoms with Gasteiger partial charge in [0.15, 0.2) is 7.14 Å². The van der Waals surface area contributed by atoms with Crippen molar-refractivity contribution < 1.29 is 14.0 Å². The van der Waals surface area contributed by atoms with Crippen molar-refractivity contribution in [2.75, 3.05) is 0 Å². The molecule has 0 spiro atoms. The van der Waals surface area contributed by atoms with Gasteiger partial charge in [-0.2, -0.15) is 0 Å². The molecule has 0 aliphatic carbocycles. The Balaban J connectivity index is 1.93. The van der Waals surface area contributed by atoms with Gasteiger partial charge in [0.1, 0.15) is 28.3 Å². The van der Waals surface area contributed by atoms with Crippen molar-refractivity contribution in [1.29, 1.82) is 0 Å². The Morgan fingerprint density at radius 1 is 0.708 bits per heavy atom. The second-order valence-electron chi connectivity index (χ2n) is 5.64. The molecule has 0 bridgehead atoms. The number of benzene rings is 3. The molecule has 0 N–H and O–H groups in total. The Bertz CT molecular complexity index is 1000. The lowest BCUT2D eigenvalue weighted by atomic mass is 10.2. The Morgan fingerprint density at radius 2 is 1.21 bits per heavy atom. The second-order valence-corrected chi connectivity index (χ2v) is 9.14. The molecule has 0 atom stereocenters. The average Bonchev–Trinajstić information content (AvgIpc) is 2.54. The summed E-state index contributed by atoms with van der Waals surface area (Å²) in [5.74, 6) is 2.09. The fourth-order valence-electron chi connectivity index (χ4n) is 3.24. The topological polar surface area (TPSA) is 35.5 Å². The van der Waals surface area contributed by atoms with Gasteiger partial charge in [-0.25, -0.2) is 0 Å². The molecule has 2 heterocycles. The maximum atomic E-state index is 14.3. The van der Waals surface area contributed by atoms with E-state index in [9.17, 15) is 4.57 Å². The van der Waals surface area contributed by atoms with Crippen LogP contribution in [0.1, 0.15) is 0 Å². The third-order valence-electron chi connectivity index (χ3n) is 4.24. The molecule has 0 fully saturated rings. The van der Waals surface area contributed by atoms with Crippen LogP contribution in [0.5, 0.6) is 23.0 Å². The summed E-state index contributed by atoms with van der Waals surface area (Å²) in [5.41, 5.74) is 0. The Hall–Kier alpha value is -1.93. The molecule has 2 aliphatic rings. The van der Waals surface area contributed by atoms with Crippen molar-refractivity contribution in [3.63, 3.8) is 0 Å². The number of rotatable bonds is 0. The Kier molecular flexibility index (Phi) is 2.88. The van der Waals surface area contributed by atoms with E-state index in [0.29, 0.717) is 49.0 Å². The molecule has 0 radical (unpaired) electrons. The van der Waals surface area contributed by atoms with E-state index < -0.39 is 7.14 Å². The highest BCUT2D eigenvalue weighted by Crippen LogP contribution is 2.58. The molecule has 118 valence electrons. The summed E-state index contributed by atoms with van der Waals surface area (Å²) >= 11 is 12.2. The maximum absolute atomic E-state index is 14.3. The van der Waals surface area contributed by atoms with Crippen LogP contribution in [0.25, 0.3) is 0 Å². The number of halogens is 2.